The van der Waals surface area contributed by atoms with Crippen LogP contribution in [0.15, 0.2) is 40.7 Å². The van der Waals surface area contributed by atoms with Crippen LogP contribution in [0.2, 0.25) is 0 Å². The molecule has 1 aromatic carbocycles. The molecule has 9 atom stereocenters. The van der Waals surface area contributed by atoms with Gasteiger partial charge in [-0.25, -0.2) is 9.78 Å². The van der Waals surface area contributed by atoms with Crippen LogP contribution in [-0.4, -0.2) is 159 Å². The van der Waals surface area contributed by atoms with Crippen molar-refractivity contribution in [2.24, 2.45) is 50.7 Å². The molecule has 4 aliphatic heterocycles. The minimum absolute atomic E-state index is 0.0377. The molecule has 1 saturated heterocycles. The molecule has 6 heterocycles. The summed E-state index contributed by atoms with van der Waals surface area (Å²) >= 11 is 0. The van der Waals surface area contributed by atoms with Crippen LogP contribution in [0.1, 0.15) is 109 Å². The first-order valence-electron chi connectivity index (χ1n) is 27.5. The molecule has 0 radical (unpaired) electrons. The van der Waals surface area contributed by atoms with Crippen LogP contribution in [0.25, 0.3) is 16.7 Å². The second-order valence-electron chi connectivity index (χ2n) is 22.0. The van der Waals surface area contributed by atoms with Gasteiger partial charge in [-0.05, 0) is 67.9 Å². The number of carboxylic acid groups (broad SMARTS) is 1. The molecular weight excluding hydrogens is 1060 g/mol. The molecule has 7 bridgehead atoms. The number of benzene rings is 1. The fourth-order valence-corrected chi connectivity index (χ4v) is 10.3. The van der Waals surface area contributed by atoms with Gasteiger partial charge in [-0.2, -0.15) is 0 Å². The monoisotopic (exact) mass is 1140 g/mol. The van der Waals surface area contributed by atoms with Crippen molar-refractivity contribution in [2.75, 3.05) is 19.6 Å². The number of carbonyl (C=O) groups is 10. The minimum atomic E-state index is -1.49. The summed E-state index contributed by atoms with van der Waals surface area (Å²) in [4.78, 5) is 156. The smallest absolute Gasteiger partial charge is 0.326 e. The molecule has 19 N–H and O–H groups in total. The SMILES string of the molecule is CC(C)C[C@@H]1NC(=O)[C@@H](NC(=O)[C@H]2CCC(=O)N2)[C@H](C(C)C)c2ccc3c4c([nH]c3c2)-n2cnc(c2)C[C@H](C(=O)N[C@H](CCCN=C(N)N)C(=O)O)NC(=O)CNC(=O)[C@H](CCCN=C(N)N)NC(=O)[C@H](C4)NC(=O)[C@H](C(C)C)NC1=O. The molecule has 29 nitrogen and oxygen atoms in total. The number of aromatic amines is 1. The molecule has 4 aliphatic rings. The second kappa shape index (κ2) is 28.1. The van der Waals surface area contributed by atoms with E-state index in [4.69, 9.17) is 22.9 Å². The predicted octanol–water partition coefficient (Wildman–Crippen LogP) is -3.11. The summed E-state index contributed by atoms with van der Waals surface area (Å²) in [6.45, 7) is 10.2. The Morgan fingerprint density at radius 2 is 1.44 bits per heavy atom. The predicted molar refractivity (Wildman–Crippen MR) is 300 cm³/mol. The van der Waals surface area contributed by atoms with Gasteiger partial charge in [-0.1, -0.05) is 53.7 Å². The number of guanidine groups is 2. The van der Waals surface area contributed by atoms with Crippen molar-refractivity contribution in [2.45, 2.75) is 154 Å². The number of hydrogen-bond donors (Lipinski definition) is 15. The van der Waals surface area contributed by atoms with E-state index in [1.54, 1.807) is 42.8 Å². The molecule has 3 aromatic rings. The Bertz CT molecular complexity index is 2940. The third-order valence-electron chi connectivity index (χ3n) is 14.4. The Morgan fingerprint density at radius 3 is 2.07 bits per heavy atom. The zero-order valence-electron chi connectivity index (χ0n) is 46.9. The highest BCUT2D eigenvalue weighted by Gasteiger charge is 2.40. The van der Waals surface area contributed by atoms with E-state index >= 15 is 4.79 Å². The summed E-state index contributed by atoms with van der Waals surface area (Å²) in [6.07, 6.45) is 2.94. The fourth-order valence-electron chi connectivity index (χ4n) is 10.3. The van der Waals surface area contributed by atoms with E-state index < -0.39 is 120 Å². The quantitative estimate of drug-likeness (QED) is 0.0275. The maximum atomic E-state index is 15.0. The van der Waals surface area contributed by atoms with Gasteiger partial charge >= 0.3 is 5.97 Å². The number of fused-ring (bicyclic) bond motifs is 13. The van der Waals surface area contributed by atoms with Crippen molar-refractivity contribution in [3.05, 3.63) is 47.5 Å². The average molecular weight is 1140 g/mol. The minimum Gasteiger partial charge on any atom is -0.480 e. The van der Waals surface area contributed by atoms with Crippen molar-refractivity contribution in [1.82, 2.24) is 62.4 Å². The van der Waals surface area contributed by atoms with Crippen LogP contribution in [0.5, 0.6) is 0 Å². The number of H-pyrrole nitrogens is 1. The Kier molecular flexibility index (Phi) is 21.4. The number of nitrogens with zero attached hydrogens (tertiary/aromatic N) is 4. The lowest BCUT2D eigenvalue weighted by Gasteiger charge is -2.33. The van der Waals surface area contributed by atoms with Gasteiger partial charge in [-0.15, -0.1) is 0 Å². The van der Waals surface area contributed by atoms with Gasteiger partial charge in [0.1, 0.15) is 60.5 Å². The van der Waals surface area contributed by atoms with Gasteiger partial charge in [0.2, 0.25) is 53.2 Å². The lowest BCUT2D eigenvalue weighted by Crippen LogP contribution is -2.61. The van der Waals surface area contributed by atoms with Crippen LogP contribution in [0.3, 0.4) is 0 Å². The maximum absolute atomic E-state index is 15.0. The van der Waals surface area contributed by atoms with Crippen molar-refractivity contribution in [3.63, 3.8) is 0 Å². The van der Waals surface area contributed by atoms with Gasteiger partial charge < -0.3 is 80.9 Å². The first kappa shape index (κ1) is 62.4. The Balaban J connectivity index is 1.55. The van der Waals surface area contributed by atoms with Crippen molar-refractivity contribution in [3.8, 4) is 5.82 Å². The fraction of sp³-hybridized carbons (Fsp3) is 0.566. The van der Waals surface area contributed by atoms with Gasteiger partial charge in [-0.3, -0.25) is 57.7 Å². The number of nitrogens with two attached hydrogens (primary N) is 4. The Hall–Kier alpha value is -8.79. The molecule has 446 valence electrons. The lowest BCUT2D eigenvalue weighted by molar-refractivity contribution is -0.142. The van der Waals surface area contributed by atoms with E-state index in [-0.39, 0.29) is 106 Å². The second-order valence-corrected chi connectivity index (χ2v) is 22.0. The van der Waals surface area contributed by atoms with Crippen LogP contribution in [-0.2, 0) is 60.8 Å². The molecular formula is C53H78N18O11. The van der Waals surface area contributed by atoms with Gasteiger partial charge in [0.25, 0.3) is 0 Å². The van der Waals surface area contributed by atoms with Crippen LogP contribution in [0.4, 0.5) is 0 Å². The number of aliphatic imine (C=N–C) groups is 2. The van der Waals surface area contributed by atoms with Gasteiger partial charge in [0.05, 0.1) is 12.2 Å². The molecule has 7 rings (SSSR count). The van der Waals surface area contributed by atoms with Crippen LogP contribution in [0, 0.1) is 17.8 Å². The highest BCUT2D eigenvalue weighted by molar-refractivity contribution is 6.00. The number of nitrogens with one attached hydrogen (secondary N) is 10. The number of amides is 9. The first-order valence-corrected chi connectivity index (χ1v) is 27.5. The zero-order valence-corrected chi connectivity index (χ0v) is 46.9. The normalized spacial score (nSPS) is 23.4. The van der Waals surface area contributed by atoms with Gasteiger partial charge in [0.15, 0.2) is 11.9 Å². The summed E-state index contributed by atoms with van der Waals surface area (Å²) in [6, 6.07) is -5.24. The summed E-state index contributed by atoms with van der Waals surface area (Å²) in [5, 5.41) is 35.0. The Morgan fingerprint density at radius 1 is 0.756 bits per heavy atom. The number of aromatic nitrogens is 3. The number of hydrogen-bond acceptors (Lipinski definition) is 13. The maximum Gasteiger partial charge on any atom is 0.326 e. The average Bonchev–Trinajstić information content (AvgIpc) is 3.12. The molecule has 9 amide bonds. The zero-order chi connectivity index (χ0) is 60.1. The molecule has 82 heavy (non-hydrogen) atoms. The molecule has 0 saturated carbocycles. The number of carbonyl (C=O) groups excluding carboxylic acids is 9. The third-order valence-corrected chi connectivity index (χ3v) is 14.4. The molecule has 0 aliphatic carbocycles. The summed E-state index contributed by atoms with van der Waals surface area (Å²) in [5.41, 5.74) is 23.6. The van der Waals surface area contributed by atoms with E-state index in [1.807, 2.05) is 27.7 Å². The van der Waals surface area contributed by atoms with Crippen molar-refractivity contribution in [1.29, 1.82) is 0 Å². The molecule has 29 heteroatoms. The summed E-state index contributed by atoms with van der Waals surface area (Å²) < 4.78 is 1.56. The van der Waals surface area contributed by atoms with E-state index in [0.29, 0.717) is 27.8 Å². The number of rotatable bonds is 17. The number of carboxylic acids is 1. The highest BCUT2D eigenvalue weighted by atomic mass is 16.4. The van der Waals surface area contributed by atoms with E-state index in [2.05, 4.69) is 67.8 Å². The topological polar surface area (TPSA) is 462 Å². The highest BCUT2D eigenvalue weighted by Crippen LogP contribution is 2.35. The summed E-state index contributed by atoms with van der Waals surface area (Å²) in [7, 11) is 0. The van der Waals surface area contributed by atoms with E-state index in [0.717, 1.165) is 0 Å². The Labute approximate surface area is 473 Å². The molecule has 0 unspecified atom stereocenters. The standard InChI is InChI=1S/C53H78N18O11/c1-24(2)17-35-48(78)69-41(26(5)6)49(79)68-37-20-30-29-12-11-27(40(25(3)4)42(50(80)67-35)70-45(75)32-13-14-38(72)62-32)18-34(29)64-43(30)71-22-28(61-23-71)19-36(46(76)66-33(51(81)82)10-8-16-59-53(56)57)63-39(73)21-60-44(74)31(65-47(37)77)9-7-15-58-52(54)55/h11-12,18,22-26,31-33,35-37,40-42,64H,7-10,13-17,19-21H2,1-6H3,(H,60,74)(H,62,72)(H,63,73)(H,65,77)(H,66,76)(H,67,80)(H,68,79)(H,69,78)(H,70,75)(H,81,82)(H4,54,55,58)(H4,56,57,59)/t31-,32+,33+,35-,36+,37-,40+,41-,42-/m0/s1. The van der Waals surface area contributed by atoms with E-state index in [9.17, 15) is 48.3 Å². The third kappa shape index (κ3) is 16.6. The van der Waals surface area contributed by atoms with Crippen LogP contribution < -0.4 is 70.8 Å². The number of imidazole rings is 1. The first-order chi connectivity index (χ1) is 38.8. The molecule has 1 fully saturated rings. The van der Waals surface area contributed by atoms with Crippen molar-refractivity contribution < 1.29 is 53.1 Å². The van der Waals surface area contributed by atoms with E-state index in [1.165, 1.54) is 6.33 Å². The lowest BCUT2D eigenvalue weighted by atomic mass is 9.81. The summed E-state index contributed by atoms with van der Waals surface area (Å²) in [5.74, 6) is -9.99. The number of aliphatic carboxylic acids is 1. The van der Waals surface area contributed by atoms with Crippen LogP contribution >= 0.6 is 0 Å². The molecule has 2 aromatic heterocycles. The molecule has 0 spiro atoms. The van der Waals surface area contributed by atoms with Gasteiger partial charge in [0, 0.05) is 60.9 Å². The van der Waals surface area contributed by atoms with Crippen molar-refractivity contribution >= 4 is 82.0 Å². The largest absolute Gasteiger partial charge is 0.480 e.